The second-order valence-corrected chi connectivity index (χ2v) is 8.95. The highest BCUT2D eigenvalue weighted by molar-refractivity contribution is 6.35. The number of aryl methyl sites for hydroxylation is 1. The molecule has 0 unspecified atom stereocenters. The minimum absolute atomic E-state index is 0.201. The van der Waals surface area contributed by atoms with Crippen LogP contribution in [0.4, 0.5) is 5.69 Å². The molecule has 5 rings (SSSR count). The van der Waals surface area contributed by atoms with Gasteiger partial charge in [-0.1, -0.05) is 47.0 Å². The summed E-state index contributed by atoms with van der Waals surface area (Å²) in [5.74, 6) is 1.06. The first-order valence-corrected chi connectivity index (χ1v) is 11.1. The summed E-state index contributed by atoms with van der Waals surface area (Å²) in [5.41, 5.74) is 5.02. The van der Waals surface area contributed by atoms with Crippen molar-refractivity contribution in [2.75, 3.05) is 19.5 Å². The van der Waals surface area contributed by atoms with Crippen molar-refractivity contribution < 1.29 is 18.9 Å². The number of hydrogen-bond donors (Lipinski definition) is 1. The van der Waals surface area contributed by atoms with Gasteiger partial charge in [-0.3, -0.25) is 0 Å². The van der Waals surface area contributed by atoms with Gasteiger partial charge in [0.05, 0.1) is 31.9 Å². The summed E-state index contributed by atoms with van der Waals surface area (Å²) in [6, 6.07) is 15.3. The van der Waals surface area contributed by atoms with E-state index in [0.29, 0.717) is 40.3 Å². The third-order valence-corrected chi connectivity index (χ3v) is 6.51. The van der Waals surface area contributed by atoms with E-state index < -0.39 is 5.79 Å². The lowest BCUT2D eigenvalue weighted by molar-refractivity contribution is -0.196. The van der Waals surface area contributed by atoms with Crippen LogP contribution < -0.4 is 19.5 Å². The normalized spacial score (nSPS) is 21.0. The number of halogens is 2. The third-order valence-electron chi connectivity index (χ3n) is 5.98. The summed E-state index contributed by atoms with van der Waals surface area (Å²) in [4.78, 5) is 0. The van der Waals surface area contributed by atoms with Crippen LogP contribution in [0.1, 0.15) is 34.7 Å². The Balaban J connectivity index is 1.60. The molecule has 32 heavy (non-hydrogen) atoms. The van der Waals surface area contributed by atoms with Gasteiger partial charge in [0.15, 0.2) is 0 Å². The number of benzene rings is 3. The maximum atomic E-state index is 6.65. The molecule has 3 aromatic rings. The van der Waals surface area contributed by atoms with Gasteiger partial charge in [0, 0.05) is 46.5 Å². The van der Waals surface area contributed by atoms with E-state index in [-0.39, 0.29) is 6.04 Å². The fourth-order valence-corrected chi connectivity index (χ4v) is 5.13. The third kappa shape index (κ3) is 3.64. The molecule has 0 aromatic heterocycles. The summed E-state index contributed by atoms with van der Waals surface area (Å²) in [6.45, 7) is 2.56. The van der Waals surface area contributed by atoms with Crippen molar-refractivity contribution in [3.05, 3.63) is 80.8 Å². The van der Waals surface area contributed by atoms with Crippen LogP contribution in [0.5, 0.6) is 17.2 Å². The van der Waals surface area contributed by atoms with Crippen LogP contribution >= 0.6 is 23.2 Å². The lowest BCUT2D eigenvalue weighted by atomic mass is 9.88. The van der Waals surface area contributed by atoms with Crippen molar-refractivity contribution >= 4 is 28.9 Å². The topological polar surface area (TPSA) is 49.0 Å². The summed E-state index contributed by atoms with van der Waals surface area (Å²) < 4.78 is 23.7. The molecular weight excluding hydrogens is 449 g/mol. The minimum atomic E-state index is -0.926. The van der Waals surface area contributed by atoms with Crippen molar-refractivity contribution in [2.24, 2.45) is 0 Å². The second kappa shape index (κ2) is 8.07. The highest BCUT2D eigenvalue weighted by atomic mass is 35.5. The fourth-order valence-electron chi connectivity index (χ4n) is 4.53. The molecule has 0 aliphatic carbocycles. The molecule has 1 spiro atoms. The molecule has 0 saturated heterocycles. The number of ether oxygens (including phenoxy) is 4. The molecule has 166 valence electrons. The maximum absolute atomic E-state index is 6.65. The van der Waals surface area contributed by atoms with Crippen LogP contribution in [0.15, 0.2) is 48.5 Å². The minimum Gasteiger partial charge on any atom is -0.497 e. The molecule has 7 heteroatoms. The Morgan fingerprint density at radius 3 is 2.47 bits per heavy atom. The van der Waals surface area contributed by atoms with E-state index in [1.54, 1.807) is 26.4 Å². The molecule has 5 nitrogen and oxygen atoms in total. The van der Waals surface area contributed by atoms with E-state index in [1.165, 1.54) is 5.56 Å². The zero-order valence-corrected chi connectivity index (χ0v) is 19.5. The highest BCUT2D eigenvalue weighted by Crippen LogP contribution is 2.53. The van der Waals surface area contributed by atoms with E-state index in [2.05, 4.69) is 30.4 Å². The van der Waals surface area contributed by atoms with Gasteiger partial charge in [0.2, 0.25) is 5.79 Å². The Bertz CT molecular complexity index is 1180. The standard InChI is InChI=1S/C25H23Cl2NO4/c1-14-4-5-20-15(6-14)13-31-25(20)12-22(24-21(27)7-16(26)8-23(24)32-25)28-17-9-18(29-2)11-19(10-17)30-3/h4-11,22,28H,12-13H2,1-3H3/t22-,25+/m1/s1. The van der Waals surface area contributed by atoms with E-state index in [4.69, 9.17) is 42.1 Å². The largest absolute Gasteiger partial charge is 0.497 e. The molecule has 3 aromatic carbocycles. The predicted molar refractivity (Wildman–Crippen MR) is 125 cm³/mol. The SMILES string of the molecule is COc1cc(N[C@@H]2C[C@]3(OCc4cc(C)ccc43)Oc3cc(Cl)cc(Cl)c32)cc(OC)c1. The van der Waals surface area contributed by atoms with Gasteiger partial charge in [-0.15, -0.1) is 0 Å². The van der Waals surface area contributed by atoms with Gasteiger partial charge in [0.1, 0.15) is 17.2 Å². The number of methoxy groups -OCH3 is 2. The predicted octanol–water partition coefficient (Wildman–Crippen LogP) is 6.64. The van der Waals surface area contributed by atoms with Crippen molar-refractivity contribution in [1.29, 1.82) is 0 Å². The van der Waals surface area contributed by atoms with Gasteiger partial charge in [-0.05, 0) is 24.6 Å². The van der Waals surface area contributed by atoms with Crippen LogP contribution in [-0.2, 0) is 17.1 Å². The van der Waals surface area contributed by atoms with Crippen molar-refractivity contribution in [3.8, 4) is 17.2 Å². The van der Waals surface area contributed by atoms with Crippen molar-refractivity contribution in [1.82, 2.24) is 0 Å². The molecule has 0 bridgehead atoms. The number of anilines is 1. The van der Waals surface area contributed by atoms with E-state index in [9.17, 15) is 0 Å². The number of fused-ring (bicyclic) bond motifs is 3. The van der Waals surface area contributed by atoms with Crippen molar-refractivity contribution in [2.45, 2.75) is 31.8 Å². The van der Waals surface area contributed by atoms with E-state index in [1.807, 2.05) is 18.2 Å². The number of rotatable bonds is 4. The van der Waals surface area contributed by atoms with Gasteiger partial charge >= 0.3 is 0 Å². The highest BCUT2D eigenvalue weighted by Gasteiger charge is 2.49. The molecule has 0 saturated carbocycles. The van der Waals surface area contributed by atoms with E-state index in [0.717, 1.165) is 22.4 Å². The van der Waals surface area contributed by atoms with Gasteiger partial charge in [-0.25, -0.2) is 0 Å². The van der Waals surface area contributed by atoms with Crippen LogP contribution in [0.3, 0.4) is 0 Å². The number of nitrogens with one attached hydrogen (secondary N) is 1. The first-order chi connectivity index (χ1) is 15.4. The summed E-state index contributed by atoms with van der Waals surface area (Å²) >= 11 is 13.0. The monoisotopic (exact) mass is 471 g/mol. The van der Waals surface area contributed by atoms with Gasteiger partial charge < -0.3 is 24.3 Å². The molecule has 0 radical (unpaired) electrons. The molecular formula is C25H23Cl2NO4. The quantitative estimate of drug-likeness (QED) is 0.462. The summed E-state index contributed by atoms with van der Waals surface area (Å²) in [6.07, 6.45) is 0.525. The summed E-state index contributed by atoms with van der Waals surface area (Å²) in [7, 11) is 3.25. The Kier molecular flexibility index (Phi) is 5.36. The lowest BCUT2D eigenvalue weighted by Crippen LogP contribution is -2.40. The first-order valence-electron chi connectivity index (χ1n) is 10.3. The molecule has 2 atom stereocenters. The molecule has 2 aliphatic rings. The Labute approximate surface area is 197 Å². The number of hydrogen-bond acceptors (Lipinski definition) is 5. The lowest BCUT2D eigenvalue weighted by Gasteiger charge is -2.40. The van der Waals surface area contributed by atoms with Crippen LogP contribution in [0.2, 0.25) is 10.0 Å². The summed E-state index contributed by atoms with van der Waals surface area (Å²) in [5, 5.41) is 4.64. The van der Waals surface area contributed by atoms with Gasteiger partial charge in [-0.2, -0.15) is 0 Å². The average Bonchev–Trinajstić information content (AvgIpc) is 3.09. The average molecular weight is 472 g/mol. The zero-order chi connectivity index (χ0) is 22.5. The fraction of sp³-hybridized carbons (Fsp3) is 0.280. The molecule has 0 amide bonds. The van der Waals surface area contributed by atoms with Gasteiger partial charge in [0.25, 0.3) is 0 Å². The first kappa shape index (κ1) is 21.3. The van der Waals surface area contributed by atoms with Crippen LogP contribution in [0.25, 0.3) is 0 Å². The van der Waals surface area contributed by atoms with Crippen LogP contribution in [0, 0.1) is 6.92 Å². The Hall–Kier alpha value is -2.60. The van der Waals surface area contributed by atoms with Crippen LogP contribution in [-0.4, -0.2) is 14.2 Å². The molecule has 1 N–H and O–H groups in total. The molecule has 0 fully saturated rings. The van der Waals surface area contributed by atoms with Crippen molar-refractivity contribution in [3.63, 3.8) is 0 Å². The second-order valence-electron chi connectivity index (χ2n) is 8.11. The molecule has 2 aliphatic heterocycles. The maximum Gasteiger partial charge on any atom is 0.240 e. The zero-order valence-electron chi connectivity index (χ0n) is 18.0. The Morgan fingerprint density at radius 1 is 1.00 bits per heavy atom. The smallest absolute Gasteiger partial charge is 0.240 e. The van der Waals surface area contributed by atoms with E-state index >= 15 is 0 Å². The molecule has 2 heterocycles. The Morgan fingerprint density at radius 2 is 1.75 bits per heavy atom.